The zero-order chi connectivity index (χ0) is 19.9. The number of hydrogen-bond acceptors (Lipinski definition) is 5. The Bertz CT molecular complexity index is 782. The van der Waals surface area contributed by atoms with E-state index in [4.69, 9.17) is 9.47 Å². The number of benzene rings is 1. The van der Waals surface area contributed by atoms with E-state index in [2.05, 4.69) is 20.9 Å². The highest BCUT2D eigenvalue weighted by Crippen LogP contribution is 2.29. The minimum Gasteiger partial charge on any atom is -0.465 e. The summed E-state index contributed by atoms with van der Waals surface area (Å²) in [4.78, 5) is 40.3. The van der Waals surface area contributed by atoms with Crippen LogP contribution in [0.15, 0.2) is 42.6 Å². The molecule has 0 atom stereocenters. The number of nitrogens with one attached hydrogen (secondary N) is 1. The third-order valence-electron chi connectivity index (χ3n) is 4.03. The molecule has 0 spiro atoms. The number of carbonyl (C=O) groups is 3. The van der Waals surface area contributed by atoms with Crippen molar-refractivity contribution in [3.63, 3.8) is 0 Å². The summed E-state index contributed by atoms with van der Waals surface area (Å²) in [5.74, 6) is -1.55. The fourth-order valence-corrected chi connectivity index (χ4v) is 3.07. The Morgan fingerprint density at radius 3 is 2.15 bits per heavy atom. The van der Waals surface area contributed by atoms with Gasteiger partial charge in [-0.25, -0.2) is 9.59 Å². The van der Waals surface area contributed by atoms with Crippen LogP contribution in [0.3, 0.4) is 0 Å². The highest BCUT2D eigenvalue weighted by atomic mass is 79.9. The number of carbonyl (C=O) groups excluding carboxylic acids is 3. The van der Waals surface area contributed by atoms with Crippen molar-refractivity contribution in [3.8, 4) is 0 Å². The van der Waals surface area contributed by atoms with Gasteiger partial charge in [-0.1, -0.05) is 46.3 Å². The van der Waals surface area contributed by atoms with Crippen LogP contribution in [0.4, 0.5) is 0 Å². The maximum atomic E-state index is 12.7. The molecule has 0 bridgehead atoms. The zero-order valence-electron chi connectivity index (χ0n) is 15.3. The number of aryl methyl sites for hydroxylation is 1. The van der Waals surface area contributed by atoms with Crippen molar-refractivity contribution in [2.75, 3.05) is 13.2 Å². The van der Waals surface area contributed by atoms with Gasteiger partial charge in [-0.3, -0.25) is 4.79 Å². The summed E-state index contributed by atoms with van der Waals surface area (Å²) < 4.78 is 8.45. The first kappa shape index (κ1) is 20.9. The first-order valence-corrected chi connectivity index (χ1v) is 9.52. The van der Waals surface area contributed by atoms with E-state index in [0.29, 0.717) is 23.2 Å². The van der Waals surface area contributed by atoms with E-state index >= 15 is 0 Å². The molecule has 0 saturated heterocycles. The molecule has 0 fully saturated rings. The molecule has 1 aromatic carbocycles. The standard InChI is InChI=1S/C20H22BrNO5/c1-3-26-18(24)20(21,19(25)27-4-2)12-10-14-11-13-22-16(14)17(23)15-8-6-5-7-9-15/h5-9,11,13,22H,3-4,10,12H2,1-2H3. The molecule has 27 heavy (non-hydrogen) atoms. The number of H-pyrrole nitrogens is 1. The smallest absolute Gasteiger partial charge is 0.334 e. The molecule has 1 N–H and O–H groups in total. The predicted octanol–water partition coefficient (Wildman–Crippen LogP) is 3.44. The molecule has 2 rings (SSSR count). The van der Waals surface area contributed by atoms with E-state index in [1.165, 1.54) is 0 Å². The molecule has 0 unspecified atom stereocenters. The van der Waals surface area contributed by atoms with Crippen molar-refractivity contribution in [2.45, 2.75) is 31.0 Å². The van der Waals surface area contributed by atoms with Gasteiger partial charge in [0.05, 0.1) is 18.9 Å². The fraction of sp³-hybridized carbons (Fsp3) is 0.350. The lowest BCUT2D eigenvalue weighted by Crippen LogP contribution is -2.44. The second kappa shape index (κ2) is 9.50. The van der Waals surface area contributed by atoms with E-state index in [1.807, 2.05) is 6.07 Å². The normalized spacial score (nSPS) is 11.1. The summed E-state index contributed by atoms with van der Waals surface area (Å²) in [6.45, 7) is 3.62. The average Bonchev–Trinajstić information content (AvgIpc) is 3.15. The van der Waals surface area contributed by atoms with Crippen LogP contribution in [0.2, 0.25) is 0 Å². The van der Waals surface area contributed by atoms with Crippen molar-refractivity contribution in [1.82, 2.24) is 4.98 Å². The molecule has 0 aliphatic carbocycles. The minimum atomic E-state index is -1.61. The first-order chi connectivity index (χ1) is 12.9. The number of ether oxygens (including phenoxy) is 2. The van der Waals surface area contributed by atoms with Crippen molar-refractivity contribution in [2.24, 2.45) is 0 Å². The summed E-state index contributed by atoms with van der Waals surface area (Å²) >= 11 is 3.23. The van der Waals surface area contributed by atoms with Crippen LogP contribution in [-0.4, -0.2) is 40.2 Å². The van der Waals surface area contributed by atoms with E-state index in [0.717, 1.165) is 0 Å². The lowest BCUT2D eigenvalue weighted by molar-refractivity contribution is -0.158. The number of hydrogen-bond donors (Lipinski definition) is 1. The summed E-state index contributed by atoms with van der Waals surface area (Å²) in [5, 5.41) is 0. The maximum Gasteiger partial charge on any atom is 0.334 e. The summed E-state index contributed by atoms with van der Waals surface area (Å²) in [7, 11) is 0. The highest BCUT2D eigenvalue weighted by molar-refractivity contribution is 9.10. The molecule has 0 aliphatic rings. The quantitative estimate of drug-likeness (QED) is 0.282. The largest absolute Gasteiger partial charge is 0.465 e. The molecule has 1 heterocycles. The third-order valence-corrected chi connectivity index (χ3v) is 5.08. The monoisotopic (exact) mass is 435 g/mol. The Hall–Kier alpha value is -2.41. The number of aromatic nitrogens is 1. The lowest BCUT2D eigenvalue weighted by atomic mass is 9.97. The predicted molar refractivity (Wildman–Crippen MR) is 104 cm³/mol. The first-order valence-electron chi connectivity index (χ1n) is 8.73. The fourth-order valence-electron chi connectivity index (χ4n) is 2.64. The van der Waals surface area contributed by atoms with E-state index < -0.39 is 16.3 Å². The van der Waals surface area contributed by atoms with Gasteiger partial charge < -0.3 is 14.5 Å². The Morgan fingerprint density at radius 2 is 1.59 bits per heavy atom. The van der Waals surface area contributed by atoms with E-state index in [1.54, 1.807) is 50.4 Å². The molecule has 0 radical (unpaired) electrons. The Morgan fingerprint density at radius 1 is 1.00 bits per heavy atom. The molecule has 2 aromatic rings. The average molecular weight is 436 g/mol. The second-order valence-corrected chi connectivity index (χ2v) is 7.17. The molecule has 7 heteroatoms. The van der Waals surface area contributed by atoms with E-state index in [-0.39, 0.29) is 25.4 Å². The number of alkyl halides is 1. The Labute approximate surface area is 166 Å². The van der Waals surface area contributed by atoms with Gasteiger partial charge in [-0.15, -0.1) is 0 Å². The molecule has 0 amide bonds. The van der Waals surface area contributed by atoms with Crippen molar-refractivity contribution < 1.29 is 23.9 Å². The Balaban J connectivity index is 2.21. The van der Waals surface area contributed by atoms with Crippen molar-refractivity contribution >= 4 is 33.7 Å². The SMILES string of the molecule is CCOC(=O)C(Br)(CCc1cc[nH]c1C(=O)c1ccccc1)C(=O)OCC. The number of aromatic amines is 1. The van der Waals surface area contributed by atoms with Gasteiger partial charge >= 0.3 is 11.9 Å². The minimum absolute atomic E-state index is 0.0948. The van der Waals surface area contributed by atoms with Crippen molar-refractivity contribution in [1.29, 1.82) is 0 Å². The van der Waals surface area contributed by atoms with Crippen molar-refractivity contribution in [3.05, 3.63) is 59.4 Å². The van der Waals surface area contributed by atoms with Gasteiger partial charge in [-0.2, -0.15) is 0 Å². The molecular weight excluding hydrogens is 414 g/mol. The summed E-state index contributed by atoms with van der Waals surface area (Å²) in [5.41, 5.74) is 1.70. The van der Waals surface area contributed by atoms with Crippen LogP contribution in [0, 0.1) is 0 Å². The number of rotatable bonds is 9. The number of ketones is 1. The van der Waals surface area contributed by atoms with Crippen LogP contribution in [0.25, 0.3) is 0 Å². The molecular formula is C20H22BrNO5. The molecule has 0 aliphatic heterocycles. The van der Waals surface area contributed by atoms with Gasteiger partial charge in [0.15, 0.2) is 0 Å². The topological polar surface area (TPSA) is 85.5 Å². The van der Waals surface area contributed by atoms with Crippen LogP contribution in [-0.2, 0) is 25.5 Å². The van der Waals surface area contributed by atoms with Crippen LogP contribution in [0.1, 0.15) is 41.9 Å². The summed E-state index contributed by atoms with van der Waals surface area (Å²) in [6.07, 6.45) is 2.06. The summed E-state index contributed by atoms with van der Waals surface area (Å²) in [6, 6.07) is 10.7. The second-order valence-electron chi connectivity index (χ2n) is 5.82. The van der Waals surface area contributed by atoms with Crippen LogP contribution in [0.5, 0.6) is 0 Å². The molecule has 144 valence electrons. The molecule has 6 nitrogen and oxygen atoms in total. The third kappa shape index (κ3) is 4.86. The molecule has 1 aromatic heterocycles. The molecule has 0 saturated carbocycles. The van der Waals surface area contributed by atoms with Gasteiger partial charge in [0.25, 0.3) is 0 Å². The Kier molecular flexibility index (Phi) is 7.36. The number of esters is 2. The maximum absolute atomic E-state index is 12.7. The van der Waals surface area contributed by atoms with Gasteiger partial charge in [0.2, 0.25) is 10.1 Å². The lowest BCUT2D eigenvalue weighted by Gasteiger charge is -2.23. The van der Waals surface area contributed by atoms with Gasteiger partial charge in [0.1, 0.15) is 0 Å². The highest BCUT2D eigenvalue weighted by Gasteiger charge is 2.46. The van der Waals surface area contributed by atoms with Gasteiger partial charge in [-0.05, 0) is 38.3 Å². The van der Waals surface area contributed by atoms with Crippen LogP contribution >= 0.6 is 15.9 Å². The van der Waals surface area contributed by atoms with Gasteiger partial charge in [0, 0.05) is 11.8 Å². The van der Waals surface area contributed by atoms with Crippen LogP contribution < -0.4 is 0 Å². The zero-order valence-corrected chi connectivity index (χ0v) is 16.9. The van der Waals surface area contributed by atoms with E-state index in [9.17, 15) is 14.4 Å². The number of halogens is 1.